The van der Waals surface area contributed by atoms with E-state index in [0.29, 0.717) is 11.5 Å². The van der Waals surface area contributed by atoms with E-state index < -0.39 is 11.7 Å². The Morgan fingerprint density at radius 1 is 1.56 bits per heavy atom. The fourth-order valence-electron chi connectivity index (χ4n) is 1.70. The summed E-state index contributed by atoms with van der Waals surface area (Å²) in [4.78, 5) is 12.5. The number of rotatable bonds is 6. The van der Waals surface area contributed by atoms with E-state index in [0.717, 1.165) is 12.8 Å². The van der Waals surface area contributed by atoms with Crippen molar-refractivity contribution >= 4 is 18.5 Å². The van der Waals surface area contributed by atoms with Crippen molar-refractivity contribution in [1.29, 1.82) is 0 Å². The zero-order valence-corrected chi connectivity index (χ0v) is 11.5. The maximum Gasteiger partial charge on any atom is 0.254 e. The Hall–Kier alpha value is -1.07. The molecular weight excluding hydrogens is 253 g/mol. The van der Waals surface area contributed by atoms with Crippen LogP contribution >= 0.6 is 12.6 Å². The maximum atomic E-state index is 13.5. The molecule has 1 N–H and O–H groups in total. The lowest BCUT2D eigenvalue weighted by Crippen LogP contribution is -2.38. The highest BCUT2D eigenvalue weighted by Gasteiger charge is 2.16. The molecule has 1 aromatic carbocycles. The largest absolute Gasteiger partial charge is 0.383 e. The molecule has 0 aliphatic heterocycles. The third-order valence-electron chi connectivity index (χ3n) is 2.53. The summed E-state index contributed by atoms with van der Waals surface area (Å²) >= 11 is 4.10. The Kier molecular flexibility index (Phi) is 6.15. The monoisotopic (exact) mass is 271 g/mol. The second kappa shape index (κ2) is 7.38. The highest BCUT2D eigenvalue weighted by Crippen LogP contribution is 2.14. The van der Waals surface area contributed by atoms with Crippen LogP contribution in [-0.2, 0) is 4.74 Å². The van der Waals surface area contributed by atoms with Crippen LogP contribution in [-0.4, -0.2) is 25.7 Å². The van der Waals surface area contributed by atoms with Gasteiger partial charge in [0.25, 0.3) is 5.91 Å². The minimum Gasteiger partial charge on any atom is -0.383 e. The summed E-state index contributed by atoms with van der Waals surface area (Å²) in [6.45, 7) is 2.44. The molecule has 100 valence electrons. The van der Waals surface area contributed by atoms with E-state index in [2.05, 4.69) is 17.9 Å². The van der Waals surface area contributed by atoms with Gasteiger partial charge < -0.3 is 10.1 Å². The SMILES string of the molecule is CCCC(COC)NC(=O)c1cc(S)ccc1F. The lowest BCUT2D eigenvalue weighted by Gasteiger charge is -2.17. The number of halogens is 1. The standard InChI is InChI=1S/C13H18FNO2S/c1-3-4-9(8-17-2)15-13(16)11-7-10(18)5-6-12(11)14/h5-7,9,18H,3-4,8H2,1-2H3,(H,15,16). The number of benzene rings is 1. The molecule has 0 fully saturated rings. The molecule has 3 nitrogen and oxygen atoms in total. The normalized spacial score (nSPS) is 12.2. The first-order valence-electron chi connectivity index (χ1n) is 5.86. The predicted octanol–water partition coefficient (Wildman–Crippen LogP) is 2.66. The van der Waals surface area contributed by atoms with Crippen molar-refractivity contribution < 1.29 is 13.9 Å². The summed E-state index contributed by atoms with van der Waals surface area (Å²) < 4.78 is 18.5. The molecule has 0 saturated heterocycles. The average molecular weight is 271 g/mol. The zero-order chi connectivity index (χ0) is 13.5. The van der Waals surface area contributed by atoms with Crippen LogP contribution in [0.1, 0.15) is 30.1 Å². The number of carbonyl (C=O) groups excluding carboxylic acids is 1. The van der Waals surface area contributed by atoms with Crippen molar-refractivity contribution in [2.24, 2.45) is 0 Å². The molecule has 18 heavy (non-hydrogen) atoms. The molecular formula is C13H18FNO2S. The maximum absolute atomic E-state index is 13.5. The van der Waals surface area contributed by atoms with E-state index >= 15 is 0 Å². The summed E-state index contributed by atoms with van der Waals surface area (Å²) in [6.07, 6.45) is 1.71. The Balaban J connectivity index is 2.76. The van der Waals surface area contributed by atoms with Gasteiger partial charge in [0, 0.05) is 12.0 Å². The molecule has 0 radical (unpaired) electrons. The van der Waals surface area contributed by atoms with Gasteiger partial charge in [-0.25, -0.2) is 4.39 Å². The van der Waals surface area contributed by atoms with Gasteiger partial charge >= 0.3 is 0 Å². The number of carbonyl (C=O) groups is 1. The van der Waals surface area contributed by atoms with Crippen molar-refractivity contribution in [2.45, 2.75) is 30.7 Å². The summed E-state index contributed by atoms with van der Waals surface area (Å²) in [7, 11) is 1.57. The summed E-state index contributed by atoms with van der Waals surface area (Å²) in [5, 5.41) is 2.77. The molecule has 5 heteroatoms. The van der Waals surface area contributed by atoms with Crippen molar-refractivity contribution in [2.75, 3.05) is 13.7 Å². The fraction of sp³-hybridized carbons (Fsp3) is 0.462. The Morgan fingerprint density at radius 2 is 2.28 bits per heavy atom. The van der Waals surface area contributed by atoms with Gasteiger partial charge in [-0.2, -0.15) is 0 Å². The summed E-state index contributed by atoms with van der Waals surface area (Å²) in [5.74, 6) is -0.975. The topological polar surface area (TPSA) is 38.3 Å². The van der Waals surface area contributed by atoms with Gasteiger partial charge in [0.05, 0.1) is 18.2 Å². The van der Waals surface area contributed by atoms with E-state index in [1.165, 1.54) is 18.2 Å². The third kappa shape index (κ3) is 4.31. The Labute approximate surface area is 112 Å². The van der Waals surface area contributed by atoms with E-state index in [1.807, 2.05) is 6.92 Å². The van der Waals surface area contributed by atoms with Crippen LogP contribution < -0.4 is 5.32 Å². The van der Waals surface area contributed by atoms with Crippen LogP contribution in [0.2, 0.25) is 0 Å². The van der Waals surface area contributed by atoms with Crippen LogP contribution in [0.4, 0.5) is 4.39 Å². The van der Waals surface area contributed by atoms with Crippen LogP contribution in [0.3, 0.4) is 0 Å². The Morgan fingerprint density at radius 3 is 2.89 bits per heavy atom. The molecule has 0 aliphatic carbocycles. The highest BCUT2D eigenvalue weighted by atomic mass is 32.1. The summed E-state index contributed by atoms with van der Waals surface area (Å²) in [5.41, 5.74) is 0.0136. The van der Waals surface area contributed by atoms with Gasteiger partial charge in [0.1, 0.15) is 5.82 Å². The number of amides is 1. The molecule has 0 bridgehead atoms. The molecule has 0 aliphatic rings. The van der Waals surface area contributed by atoms with Gasteiger partial charge in [-0.1, -0.05) is 13.3 Å². The molecule has 1 rings (SSSR count). The van der Waals surface area contributed by atoms with Crippen LogP contribution in [0.5, 0.6) is 0 Å². The molecule has 1 atom stereocenters. The quantitative estimate of drug-likeness (QED) is 0.781. The number of hydrogen-bond donors (Lipinski definition) is 2. The first-order valence-corrected chi connectivity index (χ1v) is 6.31. The molecule has 1 aromatic rings. The van der Waals surface area contributed by atoms with Crippen molar-refractivity contribution in [3.8, 4) is 0 Å². The van der Waals surface area contributed by atoms with Crippen LogP contribution in [0.25, 0.3) is 0 Å². The molecule has 1 amide bonds. The number of thiol groups is 1. The number of hydrogen-bond acceptors (Lipinski definition) is 3. The van der Waals surface area contributed by atoms with Crippen LogP contribution in [0, 0.1) is 5.82 Å². The van der Waals surface area contributed by atoms with Crippen LogP contribution in [0.15, 0.2) is 23.1 Å². The van der Waals surface area contributed by atoms with E-state index in [9.17, 15) is 9.18 Å². The molecule has 0 heterocycles. The lowest BCUT2D eigenvalue weighted by molar-refractivity contribution is 0.0887. The van der Waals surface area contributed by atoms with E-state index in [4.69, 9.17) is 4.74 Å². The van der Waals surface area contributed by atoms with Crippen molar-refractivity contribution in [3.05, 3.63) is 29.6 Å². The number of methoxy groups -OCH3 is 1. The number of ether oxygens (including phenoxy) is 1. The van der Waals surface area contributed by atoms with Gasteiger partial charge in [-0.15, -0.1) is 12.6 Å². The van der Waals surface area contributed by atoms with Crippen molar-refractivity contribution in [3.63, 3.8) is 0 Å². The molecule has 0 aromatic heterocycles. The minimum atomic E-state index is -0.544. The smallest absolute Gasteiger partial charge is 0.254 e. The first-order chi connectivity index (χ1) is 8.58. The van der Waals surface area contributed by atoms with Gasteiger partial charge in [0.15, 0.2) is 0 Å². The fourth-order valence-corrected chi connectivity index (χ4v) is 1.90. The molecule has 1 unspecified atom stereocenters. The lowest BCUT2D eigenvalue weighted by atomic mass is 10.1. The van der Waals surface area contributed by atoms with Gasteiger partial charge in [0.2, 0.25) is 0 Å². The number of nitrogens with one attached hydrogen (secondary N) is 1. The van der Waals surface area contributed by atoms with E-state index in [1.54, 1.807) is 7.11 Å². The van der Waals surface area contributed by atoms with Gasteiger partial charge in [-0.05, 0) is 24.6 Å². The Bertz CT molecular complexity index is 406. The molecule has 0 spiro atoms. The van der Waals surface area contributed by atoms with Gasteiger partial charge in [-0.3, -0.25) is 4.79 Å². The highest BCUT2D eigenvalue weighted by molar-refractivity contribution is 7.80. The second-order valence-corrected chi connectivity index (χ2v) is 4.59. The predicted molar refractivity (Wildman–Crippen MR) is 71.7 cm³/mol. The summed E-state index contributed by atoms with van der Waals surface area (Å²) in [6, 6.07) is 4.07. The first kappa shape index (κ1) is 15.0. The average Bonchev–Trinajstić information content (AvgIpc) is 2.33. The second-order valence-electron chi connectivity index (χ2n) is 4.08. The third-order valence-corrected chi connectivity index (χ3v) is 2.81. The molecule has 0 saturated carbocycles. The minimum absolute atomic E-state index is 0.0136. The van der Waals surface area contributed by atoms with E-state index in [-0.39, 0.29) is 11.6 Å². The van der Waals surface area contributed by atoms with Crippen molar-refractivity contribution in [1.82, 2.24) is 5.32 Å². The zero-order valence-electron chi connectivity index (χ0n) is 10.6.